The van der Waals surface area contributed by atoms with Crippen LogP contribution >= 0.6 is 15.9 Å². The van der Waals surface area contributed by atoms with E-state index in [0.717, 1.165) is 11.1 Å². The number of aromatic hydroxyl groups is 1. The molecule has 30 heavy (non-hydrogen) atoms. The Bertz CT molecular complexity index is 1160. The second-order valence-corrected chi connectivity index (χ2v) is 10.0. The summed E-state index contributed by atoms with van der Waals surface area (Å²) in [6, 6.07) is 16.3. The summed E-state index contributed by atoms with van der Waals surface area (Å²) in [5.41, 5.74) is 1.86. The molecule has 4 rings (SSSR count). The quantitative estimate of drug-likeness (QED) is 0.525. The first-order valence-corrected chi connectivity index (χ1v) is 11.5. The number of fused-ring (bicyclic) bond motifs is 1. The van der Waals surface area contributed by atoms with Crippen molar-refractivity contribution in [2.45, 2.75) is 29.3 Å². The van der Waals surface area contributed by atoms with Crippen molar-refractivity contribution in [3.8, 4) is 5.75 Å². The molecule has 8 heteroatoms. The average molecular weight is 494 g/mol. The van der Waals surface area contributed by atoms with E-state index in [0.29, 0.717) is 0 Å². The van der Waals surface area contributed by atoms with Gasteiger partial charge in [0, 0.05) is 13.1 Å². The maximum atomic E-state index is 15.8. The lowest BCUT2D eigenvalue weighted by atomic mass is 10.1. The summed E-state index contributed by atoms with van der Waals surface area (Å²) < 4.78 is 57.9. The maximum absolute atomic E-state index is 15.8. The SMILES string of the molecule is O=S(=O)(c1ccccc1)C(F)(F)C(c1ccc(O)c(Br)c1)N1Cc2ccccc2C1. The third kappa shape index (κ3) is 3.53. The van der Waals surface area contributed by atoms with Gasteiger partial charge < -0.3 is 5.11 Å². The number of sulfone groups is 1. The van der Waals surface area contributed by atoms with E-state index in [1.807, 2.05) is 24.3 Å². The standard InChI is InChI=1S/C22H18BrF2NO3S/c23-19-12-15(10-11-20(19)27)21(26-13-16-6-4-5-7-17(16)14-26)22(24,25)30(28,29)18-8-2-1-3-9-18/h1-12,21,27H,13-14H2. The summed E-state index contributed by atoms with van der Waals surface area (Å²) in [5, 5.41) is 5.69. The molecule has 156 valence electrons. The van der Waals surface area contributed by atoms with Crippen LogP contribution in [-0.2, 0) is 22.9 Å². The van der Waals surface area contributed by atoms with E-state index in [-0.39, 0.29) is 28.9 Å². The third-order valence-electron chi connectivity index (χ3n) is 5.25. The van der Waals surface area contributed by atoms with Crippen LogP contribution in [-0.4, -0.2) is 23.7 Å². The molecular formula is C22H18BrF2NO3S. The van der Waals surface area contributed by atoms with Crippen LogP contribution < -0.4 is 0 Å². The highest BCUT2D eigenvalue weighted by molar-refractivity contribution is 9.10. The highest BCUT2D eigenvalue weighted by Gasteiger charge is 2.56. The Kier molecular flexibility index (Phi) is 5.42. The minimum absolute atomic E-state index is 0.0944. The highest BCUT2D eigenvalue weighted by atomic mass is 79.9. The van der Waals surface area contributed by atoms with E-state index in [1.54, 1.807) is 6.07 Å². The molecule has 1 aliphatic heterocycles. The van der Waals surface area contributed by atoms with Gasteiger partial charge in [0.25, 0.3) is 0 Å². The predicted molar refractivity (Wildman–Crippen MR) is 113 cm³/mol. The summed E-state index contributed by atoms with van der Waals surface area (Å²) >= 11 is 3.15. The zero-order valence-corrected chi connectivity index (χ0v) is 18.1. The molecular weight excluding hydrogens is 476 g/mol. The topological polar surface area (TPSA) is 57.6 Å². The Morgan fingerprint density at radius 2 is 1.50 bits per heavy atom. The molecule has 1 aliphatic rings. The van der Waals surface area contributed by atoms with Crippen molar-refractivity contribution >= 4 is 25.8 Å². The van der Waals surface area contributed by atoms with Gasteiger partial charge in [-0.2, -0.15) is 8.78 Å². The molecule has 0 radical (unpaired) electrons. The number of hydrogen-bond donors (Lipinski definition) is 1. The van der Waals surface area contributed by atoms with E-state index < -0.39 is 26.0 Å². The van der Waals surface area contributed by atoms with Crippen LogP contribution in [0.5, 0.6) is 5.75 Å². The smallest absolute Gasteiger partial charge is 0.369 e. The van der Waals surface area contributed by atoms with Crippen LogP contribution in [0.15, 0.2) is 82.2 Å². The number of phenols is 1. The predicted octanol–water partition coefficient (Wildman–Crippen LogP) is 5.28. The van der Waals surface area contributed by atoms with Crippen LogP contribution in [0.3, 0.4) is 0 Å². The molecule has 1 atom stereocenters. The van der Waals surface area contributed by atoms with Crippen LogP contribution in [0, 0.1) is 0 Å². The number of rotatable bonds is 5. The molecule has 3 aromatic carbocycles. The van der Waals surface area contributed by atoms with Gasteiger partial charge in [0.15, 0.2) is 0 Å². The lowest BCUT2D eigenvalue weighted by Gasteiger charge is -2.34. The van der Waals surface area contributed by atoms with Crippen molar-refractivity contribution in [2.24, 2.45) is 0 Å². The van der Waals surface area contributed by atoms with Crippen molar-refractivity contribution in [3.05, 3.63) is 94.0 Å². The van der Waals surface area contributed by atoms with Crippen molar-refractivity contribution in [1.29, 1.82) is 0 Å². The van der Waals surface area contributed by atoms with Gasteiger partial charge in [0.2, 0.25) is 9.84 Å². The molecule has 1 N–H and O–H groups in total. The Balaban J connectivity index is 1.84. The lowest BCUT2D eigenvalue weighted by Crippen LogP contribution is -2.43. The summed E-state index contributed by atoms with van der Waals surface area (Å²) in [6.45, 7) is 0.387. The van der Waals surface area contributed by atoms with Gasteiger partial charge in [-0.1, -0.05) is 48.5 Å². The molecule has 0 spiro atoms. The summed E-state index contributed by atoms with van der Waals surface area (Å²) in [7, 11) is -4.99. The largest absolute Gasteiger partial charge is 0.507 e. The fourth-order valence-corrected chi connectivity index (χ4v) is 5.56. The Hall–Kier alpha value is -2.29. The molecule has 0 aliphatic carbocycles. The van der Waals surface area contributed by atoms with E-state index >= 15 is 8.78 Å². The van der Waals surface area contributed by atoms with Gasteiger partial charge in [-0.15, -0.1) is 0 Å². The molecule has 0 bridgehead atoms. The first kappa shape index (κ1) is 21.0. The molecule has 0 amide bonds. The molecule has 4 nitrogen and oxygen atoms in total. The first-order valence-electron chi connectivity index (χ1n) is 9.18. The van der Waals surface area contributed by atoms with Crippen LogP contribution in [0.2, 0.25) is 0 Å². The number of benzene rings is 3. The number of phenolic OH excluding ortho intramolecular Hbond substituents is 1. The molecule has 0 fully saturated rings. The lowest BCUT2D eigenvalue weighted by molar-refractivity contribution is -0.0174. The maximum Gasteiger partial charge on any atom is 0.369 e. The fourth-order valence-electron chi connectivity index (χ4n) is 3.76. The second-order valence-electron chi connectivity index (χ2n) is 7.17. The Morgan fingerprint density at radius 3 is 2.07 bits per heavy atom. The van der Waals surface area contributed by atoms with Crippen LogP contribution in [0.4, 0.5) is 8.78 Å². The summed E-state index contributed by atoms with van der Waals surface area (Å²) in [5.74, 6) is -0.114. The van der Waals surface area contributed by atoms with Crippen molar-refractivity contribution in [3.63, 3.8) is 0 Å². The van der Waals surface area contributed by atoms with E-state index in [1.165, 1.54) is 47.4 Å². The van der Waals surface area contributed by atoms with Gasteiger partial charge in [0.1, 0.15) is 11.8 Å². The molecule has 1 unspecified atom stereocenters. The van der Waals surface area contributed by atoms with Crippen LogP contribution in [0.25, 0.3) is 0 Å². The van der Waals surface area contributed by atoms with Crippen LogP contribution in [0.1, 0.15) is 22.7 Å². The zero-order valence-electron chi connectivity index (χ0n) is 15.7. The van der Waals surface area contributed by atoms with Gasteiger partial charge in [-0.3, -0.25) is 4.90 Å². The zero-order chi connectivity index (χ0) is 21.5. The minimum Gasteiger partial charge on any atom is -0.507 e. The number of nitrogens with zero attached hydrogens (tertiary/aromatic N) is 1. The second kappa shape index (κ2) is 7.76. The van der Waals surface area contributed by atoms with Gasteiger partial charge >= 0.3 is 5.25 Å². The Morgan fingerprint density at radius 1 is 0.933 bits per heavy atom. The van der Waals surface area contributed by atoms with Crippen molar-refractivity contribution < 1.29 is 22.3 Å². The molecule has 1 heterocycles. The third-order valence-corrected chi connectivity index (χ3v) is 7.72. The molecule has 3 aromatic rings. The minimum atomic E-state index is -4.99. The average Bonchev–Trinajstić information content (AvgIpc) is 3.14. The molecule has 0 saturated heterocycles. The monoisotopic (exact) mass is 493 g/mol. The highest BCUT2D eigenvalue weighted by Crippen LogP contribution is 2.47. The summed E-state index contributed by atoms with van der Waals surface area (Å²) in [4.78, 5) is 1.03. The molecule has 0 saturated carbocycles. The van der Waals surface area contributed by atoms with E-state index in [4.69, 9.17) is 0 Å². The Labute approximate surface area is 181 Å². The van der Waals surface area contributed by atoms with Crippen molar-refractivity contribution in [2.75, 3.05) is 0 Å². The van der Waals surface area contributed by atoms with Gasteiger partial charge in [-0.25, -0.2) is 8.42 Å². The number of halogens is 3. The first-order chi connectivity index (χ1) is 14.2. The van der Waals surface area contributed by atoms with E-state index in [2.05, 4.69) is 15.9 Å². The van der Waals surface area contributed by atoms with Gasteiger partial charge in [0.05, 0.1) is 9.37 Å². The van der Waals surface area contributed by atoms with E-state index in [9.17, 15) is 13.5 Å². The van der Waals surface area contributed by atoms with Crippen molar-refractivity contribution in [1.82, 2.24) is 4.90 Å². The number of hydrogen-bond acceptors (Lipinski definition) is 4. The molecule has 0 aromatic heterocycles. The number of alkyl halides is 2. The fraction of sp³-hybridized carbons (Fsp3) is 0.182. The normalized spacial score (nSPS) is 15.7. The van der Waals surface area contributed by atoms with Gasteiger partial charge in [-0.05, 0) is 56.9 Å². The summed E-state index contributed by atoms with van der Waals surface area (Å²) in [6.07, 6.45) is 0.